The van der Waals surface area contributed by atoms with E-state index in [1.54, 1.807) is 11.3 Å². The van der Waals surface area contributed by atoms with Crippen molar-refractivity contribution in [1.82, 2.24) is 0 Å². The Morgan fingerprint density at radius 3 is 1.37 bits per heavy atom. The van der Waals surface area contributed by atoms with Gasteiger partial charge in [0, 0.05) is 23.3 Å². The lowest BCUT2D eigenvalue weighted by molar-refractivity contribution is -0.666. The van der Waals surface area contributed by atoms with Gasteiger partial charge >= 0.3 is 7.25 Å². The highest BCUT2D eigenvalue weighted by atomic mass is 32.1. The molecule has 0 saturated carbocycles. The first kappa shape index (κ1) is 24.4. The van der Waals surface area contributed by atoms with Crippen molar-refractivity contribution in [1.29, 1.82) is 0 Å². The number of nitrogens with zero attached hydrogens (tertiary/aromatic N) is 1. The number of halogens is 4. The summed E-state index contributed by atoms with van der Waals surface area (Å²) in [7, 11) is -6.00. The average Bonchev–Trinajstić information content (AvgIpc) is 3.38. The molecule has 7 heteroatoms. The molecule has 2 aromatic heterocycles. The number of hydrogen-bond acceptors (Lipinski definition) is 1. The summed E-state index contributed by atoms with van der Waals surface area (Å²) in [6.45, 7) is 0.848. The Morgan fingerprint density at radius 2 is 0.971 bits per heavy atom. The average molecular weight is 491 g/mol. The van der Waals surface area contributed by atoms with Crippen LogP contribution >= 0.6 is 11.3 Å². The van der Waals surface area contributed by atoms with Crippen LogP contribution in [0.25, 0.3) is 33.6 Å². The molecule has 0 fully saturated rings. The number of aromatic nitrogens is 1. The molecule has 0 radical (unpaired) electrons. The minimum Gasteiger partial charge on any atom is -0.418 e. The Hall–Kier alpha value is -3.71. The fourth-order valence-corrected chi connectivity index (χ4v) is 4.54. The van der Waals surface area contributed by atoms with E-state index >= 15 is 0 Å². The van der Waals surface area contributed by atoms with Gasteiger partial charge in [0.1, 0.15) is 0 Å². The highest BCUT2D eigenvalue weighted by Crippen LogP contribution is 2.29. The summed E-state index contributed by atoms with van der Waals surface area (Å²) in [5.74, 6) is 0. The molecule has 1 nitrogen and oxygen atoms in total. The first-order valence-corrected chi connectivity index (χ1v) is 11.9. The van der Waals surface area contributed by atoms with Crippen LogP contribution in [-0.2, 0) is 6.54 Å². The molecule has 0 saturated heterocycles. The zero-order chi connectivity index (χ0) is 24.7. The SMILES string of the molecule is F[B-](F)(F)F.c1ccc(-c2cc(-c3ccccc3)[n+](Cc3cccs3)c(-c3ccccc3)c2)cc1. The van der Waals surface area contributed by atoms with E-state index in [1.807, 2.05) is 0 Å². The quantitative estimate of drug-likeness (QED) is 0.132. The molecule has 0 atom stereocenters. The lowest BCUT2D eigenvalue weighted by atomic mass is 9.99. The molecule has 0 unspecified atom stereocenters. The number of thiophene rings is 1. The molecule has 35 heavy (non-hydrogen) atoms. The number of pyridine rings is 1. The van der Waals surface area contributed by atoms with Crippen molar-refractivity contribution >= 4 is 18.6 Å². The molecule has 0 bridgehead atoms. The van der Waals surface area contributed by atoms with E-state index in [1.165, 1.54) is 38.5 Å². The minimum absolute atomic E-state index is 0.848. The largest absolute Gasteiger partial charge is 0.673 e. The molecule has 0 aliphatic heterocycles. The van der Waals surface area contributed by atoms with E-state index in [0.29, 0.717) is 0 Å². The molecule has 0 amide bonds. The van der Waals surface area contributed by atoms with E-state index in [-0.39, 0.29) is 0 Å². The van der Waals surface area contributed by atoms with Gasteiger partial charge in [-0.3, -0.25) is 0 Å². The van der Waals surface area contributed by atoms with Crippen LogP contribution in [0.2, 0.25) is 0 Å². The second-order valence-corrected chi connectivity index (χ2v) is 8.81. The van der Waals surface area contributed by atoms with E-state index in [2.05, 4.69) is 125 Å². The summed E-state index contributed by atoms with van der Waals surface area (Å²) in [5, 5.41) is 2.15. The molecule has 0 spiro atoms. The maximum absolute atomic E-state index is 9.75. The van der Waals surface area contributed by atoms with E-state index in [9.17, 15) is 17.3 Å². The van der Waals surface area contributed by atoms with Crippen LogP contribution in [0.3, 0.4) is 0 Å². The van der Waals surface area contributed by atoms with Crippen LogP contribution < -0.4 is 4.57 Å². The zero-order valence-corrected chi connectivity index (χ0v) is 19.5. The van der Waals surface area contributed by atoms with Gasteiger partial charge in [0.05, 0.1) is 4.88 Å². The Morgan fingerprint density at radius 1 is 0.543 bits per heavy atom. The van der Waals surface area contributed by atoms with Gasteiger partial charge in [0.2, 0.25) is 11.4 Å². The smallest absolute Gasteiger partial charge is 0.418 e. The highest BCUT2D eigenvalue weighted by Gasteiger charge is 2.23. The molecular weight excluding hydrogens is 469 g/mol. The van der Waals surface area contributed by atoms with Gasteiger partial charge in [-0.25, -0.2) is 0 Å². The molecule has 5 rings (SSSR count). The first-order chi connectivity index (χ1) is 16.9. The molecular formula is C28H22BF4NS. The second kappa shape index (κ2) is 11.1. The summed E-state index contributed by atoms with van der Waals surface area (Å²) in [6, 6.07) is 41.0. The predicted octanol–water partition coefficient (Wildman–Crippen LogP) is 8.38. The number of rotatable bonds is 5. The van der Waals surface area contributed by atoms with Gasteiger partial charge < -0.3 is 17.3 Å². The van der Waals surface area contributed by atoms with Gasteiger partial charge in [-0.15, -0.1) is 11.3 Å². The molecule has 2 heterocycles. The predicted molar refractivity (Wildman–Crippen MR) is 137 cm³/mol. The van der Waals surface area contributed by atoms with Crippen LogP contribution in [0.15, 0.2) is 121 Å². The number of benzene rings is 3. The summed E-state index contributed by atoms with van der Waals surface area (Å²) in [4.78, 5) is 1.35. The molecule has 176 valence electrons. The van der Waals surface area contributed by atoms with Crippen molar-refractivity contribution in [2.24, 2.45) is 0 Å². The number of hydrogen-bond donors (Lipinski definition) is 0. The lowest BCUT2D eigenvalue weighted by Crippen LogP contribution is -2.39. The Kier molecular flexibility index (Phi) is 7.78. The highest BCUT2D eigenvalue weighted by molar-refractivity contribution is 7.09. The minimum atomic E-state index is -6.00. The van der Waals surface area contributed by atoms with Crippen molar-refractivity contribution in [2.75, 3.05) is 0 Å². The fourth-order valence-electron chi connectivity index (χ4n) is 3.84. The third-order valence-corrected chi connectivity index (χ3v) is 6.17. The van der Waals surface area contributed by atoms with Crippen LogP contribution in [0.5, 0.6) is 0 Å². The van der Waals surface area contributed by atoms with E-state index in [4.69, 9.17) is 0 Å². The van der Waals surface area contributed by atoms with Crippen LogP contribution in [0.4, 0.5) is 17.3 Å². The summed E-state index contributed by atoms with van der Waals surface area (Å²) < 4.78 is 41.4. The van der Waals surface area contributed by atoms with Crippen molar-refractivity contribution in [3.8, 4) is 33.6 Å². The van der Waals surface area contributed by atoms with Gasteiger partial charge in [0.25, 0.3) is 0 Å². The summed E-state index contributed by atoms with van der Waals surface area (Å²) in [5.41, 5.74) is 7.37. The second-order valence-electron chi connectivity index (χ2n) is 7.77. The summed E-state index contributed by atoms with van der Waals surface area (Å²) >= 11 is 1.81. The third kappa shape index (κ3) is 6.90. The fraction of sp³-hybridized carbons (Fsp3) is 0.0357. The Labute approximate surface area is 206 Å². The van der Waals surface area contributed by atoms with Crippen LogP contribution in [0.1, 0.15) is 4.88 Å². The van der Waals surface area contributed by atoms with Crippen LogP contribution in [0, 0.1) is 0 Å². The Bertz CT molecular complexity index is 1270. The van der Waals surface area contributed by atoms with E-state index in [0.717, 1.165) is 6.54 Å². The molecule has 5 aromatic rings. The standard InChI is InChI=1S/C28H22NS.BF4/c1-4-11-22(12-5-1)25-19-27(23-13-6-2-7-14-23)29(21-26-17-10-18-30-26)28(20-25)24-15-8-3-9-16-24;2-1(3,4)5/h1-20H,21H2;/q+1;-1. The van der Waals surface area contributed by atoms with E-state index < -0.39 is 7.25 Å². The first-order valence-electron chi connectivity index (χ1n) is 11.0. The lowest BCUT2D eigenvalue weighted by Gasteiger charge is -2.12. The maximum Gasteiger partial charge on any atom is 0.673 e. The zero-order valence-electron chi connectivity index (χ0n) is 18.7. The van der Waals surface area contributed by atoms with Crippen molar-refractivity contribution < 1.29 is 21.8 Å². The third-order valence-electron chi connectivity index (χ3n) is 5.31. The summed E-state index contributed by atoms with van der Waals surface area (Å²) in [6.07, 6.45) is 0. The molecule has 0 aliphatic carbocycles. The van der Waals surface area contributed by atoms with Crippen LogP contribution in [-0.4, -0.2) is 7.25 Å². The Balaban J connectivity index is 0.000000527. The van der Waals surface area contributed by atoms with Crippen molar-refractivity contribution in [3.63, 3.8) is 0 Å². The monoisotopic (exact) mass is 491 g/mol. The van der Waals surface area contributed by atoms with Crippen molar-refractivity contribution in [2.45, 2.75) is 6.54 Å². The molecule has 0 aliphatic rings. The van der Waals surface area contributed by atoms with Gasteiger partial charge in [0.15, 0.2) is 6.54 Å². The maximum atomic E-state index is 9.75. The normalized spacial score (nSPS) is 11.0. The topological polar surface area (TPSA) is 3.88 Å². The van der Waals surface area contributed by atoms with Crippen molar-refractivity contribution in [3.05, 3.63) is 126 Å². The molecule has 3 aromatic carbocycles. The molecule has 0 N–H and O–H groups in total. The van der Waals surface area contributed by atoms with Gasteiger partial charge in [-0.2, -0.15) is 4.57 Å². The van der Waals surface area contributed by atoms with Gasteiger partial charge in [-0.1, -0.05) is 72.8 Å². The van der Waals surface area contributed by atoms with Gasteiger partial charge in [-0.05, 0) is 46.8 Å².